The normalized spacial score (nSPS) is 21.6. The minimum atomic E-state index is -3.76. The number of carbonyl (C=O) groups excluding carboxylic acids is 1. The van der Waals surface area contributed by atoms with Crippen LogP contribution in [0.25, 0.3) is 0 Å². The zero-order chi connectivity index (χ0) is 14.6. The fourth-order valence-electron chi connectivity index (χ4n) is 2.30. The van der Waals surface area contributed by atoms with Crippen LogP contribution < -0.4 is 10.0 Å². The van der Waals surface area contributed by atoms with E-state index in [2.05, 4.69) is 10.1 Å². The van der Waals surface area contributed by atoms with Crippen LogP contribution in [0.3, 0.4) is 0 Å². The van der Waals surface area contributed by atoms with Gasteiger partial charge in [-0.25, -0.2) is 9.52 Å². The summed E-state index contributed by atoms with van der Waals surface area (Å²) in [6, 6.07) is 0.683. The largest absolute Gasteiger partial charge is 0.449 e. The Hall–Kier alpha value is -0.860. The van der Waals surface area contributed by atoms with E-state index in [4.69, 9.17) is 0 Å². The van der Waals surface area contributed by atoms with Gasteiger partial charge in [0.25, 0.3) is 0 Å². The van der Waals surface area contributed by atoms with E-state index in [1.807, 2.05) is 4.72 Å². The van der Waals surface area contributed by atoms with E-state index in [0.717, 1.165) is 19.4 Å². The second kappa shape index (κ2) is 6.73. The Balaban J connectivity index is 1.74. The van der Waals surface area contributed by atoms with Gasteiger partial charge in [0.05, 0.1) is 6.61 Å². The summed E-state index contributed by atoms with van der Waals surface area (Å²) >= 11 is 0. The van der Waals surface area contributed by atoms with Crippen molar-refractivity contribution in [3.63, 3.8) is 0 Å². The molecule has 116 valence electrons. The molecule has 2 aliphatic rings. The molecule has 1 amide bonds. The van der Waals surface area contributed by atoms with Crippen LogP contribution in [0, 0.1) is 5.92 Å². The lowest BCUT2D eigenvalue weighted by atomic mass is 9.98. The standard InChI is InChI=1S/C12H23N3O4S/c1-2-19-12(16)14-20(17,18)15-7-5-10(6-8-15)9-13-11-3-4-11/h10-11,13H,2-9H2,1H3,(H,14,16). The molecule has 8 heteroatoms. The molecule has 2 fully saturated rings. The summed E-state index contributed by atoms with van der Waals surface area (Å²) in [5, 5.41) is 3.47. The molecule has 1 aliphatic carbocycles. The van der Waals surface area contributed by atoms with E-state index in [9.17, 15) is 13.2 Å². The molecule has 0 bridgehead atoms. The van der Waals surface area contributed by atoms with E-state index < -0.39 is 16.3 Å². The van der Waals surface area contributed by atoms with Gasteiger partial charge in [-0.1, -0.05) is 0 Å². The maximum absolute atomic E-state index is 12.0. The molecular formula is C12H23N3O4S. The van der Waals surface area contributed by atoms with E-state index in [-0.39, 0.29) is 6.61 Å². The predicted octanol–water partition coefficient (Wildman–Crippen LogP) is 0.441. The molecule has 1 aliphatic heterocycles. The average molecular weight is 305 g/mol. The summed E-state index contributed by atoms with van der Waals surface area (Å²) in [6.45, 7) is 3.64. The second-order valence-electron chi connectivity index (χ2n) is 5.35. The molecule has 0 unspecified atom stereocenters. The van der Waals surface area contributed by atoms with Crippen molar-refractivity contribution in [1.29, 1.82) is 0 Å². The van der Waals surface area contributed by atoms with Crippen molar-refractivity contribution in [1.82, 2.24) is 14.3 Å². The molecule has 2 rings (SSSR count). The Morgan fingerprint density at radius 3 is 2.45 bits per heavy atom. The number of amides is 1. The Bertz CT molecular complexity index is 428. The number of piperidine rings is 1. The Kier molecular flexibility index (Phi) is 5.22. The molecule has 2 N–H and O–H groups in total. The molecule has 0 aromatic heterocycles. The van der Waals surface area contributed by atoms with Gasteiger partial charge in [-0.3, -0.25) is 0 Å². The smallest absolute Gasteiger partial charge is 0.421 e. The highest BCUT2D eigenvalue weighted by Gasteiger charge is 2.30. The lowest BCUT2D eigenvalue weighted by Gasteiger charge is -2.31. The molecule has 1 saturated heterocycles. The predicted molar refractivity (Wildman–Crippen MR) is 74.4 cm³/mol. The molecule has 1 saturated carbocycles. The summed E-state index contributed by atoms with van der Waals surface area (Å²) in [5.41, 5.74) is 0. The molecular weight excluding hydrogens is 282 g/mol. The van der Waals surface area contributed by atoms with Gasteiger partial charge in [0.2, 0.25) is 0 Å². The molecule has 0 atom stereocenters. The summed E-state index contributed by atoms with van der Waals surface area (Å²) in [6.07, 6.45) is 3.25. The maximum Gasteiger partial charge on any atom is 0.421 e. The van der Waals surface area contributed by atoms with E-state index in [1.54, 1.807) is 6.92 Å². The lowest BCUT2D eigenvalue weighted by molar-refractivity contribution is 0.157. The van der Waals surface area contributed by atoms with Crippen LogP contribution in [0.5, 0.6) is 0 Å². The number of ether oxygens (including phenoxy) is 1. The molecule has 0 spiro atoms. The number of nitrogens with one attached hydrogen (secondary N) is 2. The zero-order valence-electron chi connectivity index (χ0n) is 11.8. The van der Waals surface area contributed by atoms with Gasteiger partial charge >= 0.3 is 16.3 Å². The topological polar surface area (TPSA) is 87.7 Å². The van der Waals surface area contributed by atoms with Crippen molar-refractivity contribution < 1.29 is 17.9 Å². The highest BCUT2D eigenvalue weighted by Crippen LogP contribution is 2.22. The molecule has 7 nitrogen and oxygen atoms in total. The van der Waals surface area contributed by atoms with Gasteiger partial charge in [-0.15, -0.1) is 0 Å². The van der Waals surface area contributed by atoms with E-state index in [1.165, 1.54) is 17.1 Å². The van der Waals surface area contributed by atoms with Crippen LogP contribution in [0.2, 0.25) is 0 Å². The number of rotatable bonds is 6. The summed E-state index contributed by atoms with van der Waals surface area (Å²) in [5.74, 6) is 0.518. The fraction of sp³-hybridized carbons (Fsp3) is 0.917. The van der Waals surface area contributed by atoms with E-state index in [0.29, 0.717) is 25.0 Å². The van der Waals surface area contributed by atoms with Crippen LogP contribution in [-0.2, 0) is 14.9 Å². The first-order valence-electron chi connectivity index (χ1n) is 7.19. The molecule has 1 heterocycles. The minimum Gasteiger partial charge on any atom is -0.449 e. The van der Waals surface area contributed by atoms with Crippen molar-refractivity contribution >= 4 is 16.3 Å². The van der Waals surface area contributed by atoms with Gasteiger partial charge in [-0.05, 0) is 45.1 Å². The minimum absolute atomic E-state index is 0.149. The van der Waals surface area contributed by atoms with Crippen LogP contribution in [0.15, 0.2) is 0 Å². The van der Waals surface area contributed by atoms with Crippen molar-refractivity contribution in [2.45, 2.75) is 38.6 Å². The van der Waals surface area contributed by atoms with Gasteiger partial charge in [0.15, 0.2) is 0 Å². The number of hydrogen-bond donors (Lipinski definition) is 2. The van der Waals surface area contributed by atoms with Gasteiger partial charge in [0, 0.05) is 19.1 Å². The SMILES string of the molecule is CCOC(=O)NS(=O)(=O)N1CCC(CNC2CC2)CC1. The van der Waals surface area contributed by atoms with Gasteiger partial charge < -0.3 is 10.1 Å². The number of carbonyl (C=O) groups is 1. The van der Waals surface area contributed by atoms with E-state index >= 15 is 0 Å². The summed E-state index contributed by atoms with van der Waals surface area (Å²) in [7, 11) is -3.76. The average Bonchev–Trinajstić information content (AvgIpc) is 3.20. The van der Waals surface area contributed by atoms with Gasteiger partial charge in [0.1, 0.15) is 0 Å². The van der Waals surface area contributed by atoms with Crippen molar-refractivity contribution in [3.8, 4) is 0 Å². The number of nitrogens with zero attached hydrogens (tertiary/aromatic N) is 1. The fourth-order valence-corrected chi connectivity index (χ4v) is 3.40. The third-order valence-corrected chi connectivity index (χ3v) is 5.14. The zero-order valence-corrected chi connectivity index (χ0v) is 12.6. The van der Waals surface area contributed by atoms with Crippen LogP contribution in [0.1, 0.15) is 32.6 Å². The summed E-state index contributed by atoms with van der Waals surface area (Å²) < 4.78 is 31.7. The van der Waals surface area contributed by atoms with Crippen molar-refractivity contribution in [2.75, 3.05) is 26.2 Å². The first-order valence-corrected chi connectivity index (χ1v) is 8.63. The van der Waals surface area contributed by atoms with Crippen molar-refractivity contribution in [2.24, 2.45) is 5.92 Å². The summed E-state index contributed by atoms with van der Waals surface area (Å²) in [4.78, 5) is 11.2. The molecule has 0 aromatic rings. The van der Waals surface area contributed by atoms with Gasteiger partial charge in [-0.2, -0.15) is 12.7 Å². The lowest BCUT2D eigenvalue weighted by Crippen LogP contribution is -2.48. The monoisotopic (exact) mass is 305 g/mol. The highest BCUT2D eigenvalue weighted by atomic mass is 32.2. The first-order chi connectivity index (χ1) is 9.51. The second-order valence-corrected chi connectivity index (χ2v) is 7.02. The van der Waals surface area contributed by atoms with Crippen molar-refractivity contribution in [3.05, 3.63) is 0 Å². The van der Waals surface area contributed by atoms with Crippen LogP contribution >= 0.6 is 0 Å². The molecule has 20 heavy (non-hydrogen) atoms. The Labute approximate surface area is 120 Å². The van der Waals surface area contributed by atoms with Crippen LogP contribution in [0.4, 0.5) is 4.79 Å². The number of hydrogen-bond acceptors (Lipinski definition) is 5. The Morgan fingerprint density at radius 1 is 1.25 bits per heavy atom. The first kappa shape index (κ1) is 15.5. The third-order valence-electron chi connectivity index (χ3n) is 3.67. The van der Waals surface area contributed by atoms with Crippen LogP contribution in [-0.4, -0.2) is 51.1 Å². The third kappa shape index (κ3) is 4.60. The Morgan fingerprint density at radius 2 is 1.90 bits per heavy atom. The molecule has 0 aromatic carbocycles. The molecule has 0 radical (unpaired) electrons. The maximum atomic E-state index is 12.0. The highest BCUT2D eigenvalue weighted by molar-refractivity contribution is 7.87. The quantitative estimate of drug-likeness (QED) is 0.743.